The van der Waals surface area contributed by atoms with E-state index in [4.69, 9.17) is 9.84 Å². The first-order valence-electron chi connectivity index (χ1n) is 6.77. The van der Waals surface area contributed by atoms with Crippen LogP contribution in [0.15, 0.2) is 18.3 Å². The number of amides is 1. The molecule has 20 heavy (non-hydrogen) atoms. The molecule has 1 unspecified atom stereocenters. The molecule has 6 heteroatoms. The molecule has 0 saturated carbocycles. The van der Waals surface area contributed by atoms with E-state index in [9.17, 15) is 9.59 Å². The Morgan fingerprint density at radius 1 is 1.50 bits per heavy atom. The smallest absolute Gasteiger partial charge is 0.326 e. The average Bonchev–Trinajstić information content (AvgIpc) is 2.86. The fourth-order valence-electron chi connectivity index (χ4n) is 1.98. The van der Waals surface area contributed by atoms with Crippen molar-refractivity contribution >= 4 is 11.9 Å². The van der Waals surface area contributed by atoms with Crippen LogP contribution in [0.4, 0.5) is 0 Å². The molecule has 1 heterocycles. The Hall–Kier alpha value is -1.82. The summed E-state index contributed by atoms with van der Waals surface area (Å²) >= 11 is 0. The number of nitrogens with one attached hydrogen (secondary N) is 1. The molecule has 6 nitrogen and oxygen atoms in total. The number of rotatable bonds is 9. The molecule has 0 saturated heterocycles. The van der Waals surface area contributed by atoms with Gasteiger partial charge in [0, 0.05) is 26.5 Å². The van der Waals surface area contributed by atoms with Gasteiger partial charge in [-0.15, -0.1) is 0 Å². The summed E-state index contributed by atoms with van der Waals surface area (Å²) in [4.78, 5) is 23.3. The highest BCUT2D eigenvalue weighted by Crippen LogP contribution is 2.06. The van der Waals surface area contributed by atoms with Gasteiger partial charge in [0.05, 0.1) is 0 Å². The summed E-state index contributed by atoms with van der Waals surface area (Å²) in [7, 11) is 1.56. The van der Waals surface area contributed by atoms with E-state index in [1.807, 2.05) is 17.7 Å². The summed E-state index contributed by atoms with van der Waals surface area (Å²) in [5.41, 5.74) is 0.491. The van der Waals surface area contributed by atoms with Crippen molar-refractivity contribution in [1.82, 2.24) is 9.88 Å². The summed E-state index contributed by atoms with van der Waals surface area (Å²) in [6, 6.07) is 2.59. The quantitative estimate of drug-likeness (QED) is 0.673. The molecule has 1 rings (SSSR count). The summed E-state index contributed by atoms with van der Waals surface area (Å²) in [6.45, 7) is 3.23. The van der Waals surface area contributed by atoms with E-state index in [1.54, 1.807) is 19.2 Å². The lowest BCUT2D eigenvalue weighted by atomic mass is 10.1. The summed E-state index contributed by atoms with van der Waals surface area (Å²) in [5, 5.41) is 11.7. The number of carboxylic acids is 1. The summed E-state index contributed by atoms with van der Waals surface area (Å²) < 4.78 is 6.71. The number of aryl methyl sites for hydroxylation is 1. The molecular formula is C14H22N2O4. The van der Waals surface area contributed by atoms with Gasteiger partial charge in [-0.2, -0.15) is 0 Å². The number of carboxylic acid groups (broad SMARTS) is 1. The van der Waals surface area contributed by atoms with Gasteiger partial charge in [0.25, 0.3) is 5.91 Å². The molecule has 0 fully saturated rings. The van der Waals surface area contributed by atoms with Gasteiger partial charge in [-0.3, -0.25) is 4.79 Å². The van der Waals surface area contributed by atoms with E-state index in [1.165, 1.54) is 0 Å². The number of methoxy groups -OCH3 is 1. The molecule has 0 aliphatic carbocycles. The van der Waals surface area contributed by atoms with Crippen LogP contribution in [0.3, 0.4) is 0 Å². The van der Waals surface area contributed by atoms with Crippen LogP contribution in [-0.4, -0.2) is 41.3 Å². The van der Waals surface area contributed by atoms with Gasteiger partial charge in [-0.05, 0) is 31.4 Å². The lowest BCUT2D eigenvalue weighted by Crippen LogP contribution is -2.41. The largest absolute Gasteiger partial charge is 0.480 e. The van der Waals surface area contributed by atoms with E-state index in [0.29, 0.717) is 25.1 Å². The zero-order valence-corrected chi connectivity index (χ0v) is 12.0. The molecule has 0 spiro atoms. The normalized spacial score (nSPS) is 12.1. The highest BCUT2D eigenvalue weighted by atomic mass is 16.5. The lowest BCUT2D eigenvalue weighted by molar-refractivity contribution is -0.139. The van der Waals surface area contributed by atoms with Crippen molar-refractivity contribution in [3.05, 3.63) is 24.0 Å². The van der Waals surface area contributed by atoms with Gasteiger partial charge in [-0.25, -0.2) is 4.79 Å². The fourth-order valence-corrected chi connectivity index (χ4v) is 1.98. The van der Waals surface area contributed by atoms with Gasteiger partial charge in [-0.1, -0.05) is 6.92 Å². The molecule has 1 atom stereocenters. The van der Waals surface area contributed by atoms with Gasteiger partial charge in [0.15, 0.2) is 0 Å². The first-order valence-corrected chi connectivity index (χ1v) is 6.77. The van der Waals surface area contributed by atoms with Crippen LogP contribution in [0, 0.1) is 0 Å². The first kappa shape index (κ1) is 16.2. The van der Waals surface area contributed by atoms with Crippen LogP contribution in [0.5, 0.6) is 0 Å². The predicted octanol–water partition coefficient (Wildman–Crippen LogP) is 1.51. The maximum Gasteiger partial charge on any atom is 0.326 e. The maximum atomic E-state index is 12.1. The molecular weight excluding hydrogens is 260 g/mol. The van der Waals surface area contributed by atoms with Crippen molar-refractivity contribution in [3.8, 4) is 0 Å². The van der Waals surface area contributed by atoms with E-state index in [-0.39, 0.29) is 5.91 Å². The molecule has 0 aromatic carbocycles. The summed E-state index contributed by atoms with van der Waals surface area (Å²) in [5.74, 6) is -1.38. The average molecular weight is 282 g/mol. The van der Waals surface area contributed by atoms with Crippen LogP contribution in [-0.2, 0) is 16.1 Å². The lowest BCUT2D eigenvalue weighted by Gasteiger charge is -2.15. The van der Waals surface area contributed by atoms with Gasteiger partial charge in [0.2, 0.25) is 0 Å². The SMILES string of the molecule is CCCn1cccc1C(=O)NC(CCCOC)C(=O)O. The first-order chi connectivity index (χ1) is 9.60. The maximum absolute atomic E-state index is 12.1. The van der Waals surface area contributed by atoms with Gasteiger partial charge < -0.3 is 19.7 Å². The summed E-state index contributed by atoms with van der Waals surface area (Å²) in [6.07, 6.45) is 3.66. The Labute approximate surface area is 118 Å². The molecule has 0 aliphatic heterocycles. The third-order valence-electron chi connectivity index (χ3n) is 2.97. The molecule has 0 radical (unpaired) electrons. The topological polar surface area (TPSA) is 80.6 Å². The van der Waals surface area contributed by atoms with Gasteiger partial charge >= 0.3 is 5.97 Å². The Bertz CT molecular complexity index is 442. The Morgan fingerprint density at radius 3 is 2.85 bits per heavy atom. The number of hydrogen-bond donors (Lipinski definition) is 2. The number of hydrogen-bond acceptors (Lipinski definition) is 3. The standard InChI is InChI=1S/C14H22N2O4/c1-3-8-16-9-4-7-12(16)13(17)15-11(14(18)19)6-5-10-20-2/h4,7,9,11H,3,5-6,8,10H2,1-2H3,(H,15,17)(H,18,19). The third-order valence-corrected chi connectivity index (χ3v) is 2.97. The number of carbonyl (C=O) groups is 2. The minimum Gasteiger partial charge on any atom is -0.480 e. The third kappa shape index (κ3) is 4.70. The predicted molar refractivity (Wildman–Crippen MR) is 74.7 cm³/mol. The fraction of sp³-hybridized carbons (Fsp3) is 0.571. The van der Waals surface area contributed by atoms with Crippen molar-refractivity contribution in [2.45, 2.75) is 38.8 Å². The second-order valence-electron chi connectivity index (χ2n) is 4.59. The van der Waals surface area contributed by atoms with Gasteiger partial charge in [0.1, 0.15) is 11.7 Å². The Kier molecular flexibility index (Phi) is 6.79. The van der Waals surface area contributed by atoms with E-state index in [2.05, 4.69) is 5.32 Å². The highest BCUT2D eigenvalue weighted by Gasteiger charge is 2.21. The molecule has 0 aliphatic rings. The van der Waals surface area contributed by atoms with E-state index >= 15 is 0 Å². The van der Waals surface area contributed by atoms with Crippen molar-refractivity contribution in [3.63, 3.8) is 0 Å². The van der Waals surface area contributed by atoms with Crippen molar-refractivity contribution in [1.29, 1.82) is 0 Å². The van der Waals surface area contributed by atoms with Crippen molar-refractivity contribution in [2.75, 3.05) is 13.7 Å². The van der Waals surface area contributed by atoms with E-state index < -0.39 is 12.0 Å². The molecule has 1 aromatic heterocycles. The number of aromatic nitrogens is 1. The van der Waals surface area contributed by atoms with Crippen molar-refractivity contribution < 1.29 is 19.4 Å². The van der Waals surface area contributed by atoms with Crippen molar-refractivity contribution in [2.24, 2.45) is 0 Å². The zero-order chi connectivity index (χ0) is 15.0. The van der Waals surface area contributed by atoms with Crippen LogP contribution >= 0.6 is 0 Å². The van der Waals surface area contributed by atoms with Crippen LogP contribution in [0.2, 0.25) is 0 Å². The Morgan fingerprint density at radius 2 is 2.25 bits per heavy atom. The molecule has 1 amide bonds. The number of nitrogens with zero attached hydrogens (tertiary/aromatic N) is 1. The minimum absolute atomic E-state index is 0.351. The number of ether oxygens (including phenoxy) is 1. The number of carbonyl (C=O) groups excluding carboxylic acids is 1. The monoisotopic (exact) mass is 282 g/mol. The van der Waals surface area contributed by atoms with Crippen LogP contribution in [0.25, 0.3) is 0 Å². The molecule has 1 aromatic rings. The van der Waals surface area contributed by atoms with Crippen LogP contribution < -0.4 is 5.32 Å². The second kappa shape index (κ2) is 8.37. The number of aliphatic carboxylic acids is 1. The highest BCUT2D eigenvalue weighted by molar-refractivity contribution is 5.95. The van der Waals surface area contributed by atoms with Crippen LogP contribution in [0.1, 0.15) is 36.7 Å². The Balaban J connectivity index is 2.65. The molecule has 0 bridgehead atoms. The van der Waals surface area contributed by atoms with E-state index in [0.717, 1.165) is 13.0 Å². The zero-order valence-electron chi connectivity index (χ0n) is 12.0. The second-order valence-corrected chi connectivity index (χ2v) is 4.59. The molecule has 112 valence electrons. The molecule has 2 N–H and O–H groups in total. The minimum atomic E-state index is -1.02.